The van der Waals surface area contributed by atoms with Crippen LogP contribution in [0.25, 0.3) is 0 Å². The quantitative estimate of drug-likeness (QED) is 0.606. The molecule has 0 amide bonds. The zero-order chi connectivity index (χ0) is 12.9. The standard InChI is InChI=1S/C11H11F3O3/c1-16-6-7-17-10(15)8-2-4-9(5-3-8)11(12,13)14/h2-5H,6-7H2,1H3. The summed E-state index contributed by atoms with van der Waals surface area (Å²) < 4.78 is 46.1. The zero-order valence-corrected chi connectivity index (χ0v) is 9.08. The number of esters is 1. The number of methoxy groups -OCH3 is 1. The lowest BCUT2D eigenvalue weighted by Crippen LogP contribution is -2.11. The van der Waals surface area contributed by atoms with Crippen molar-refractivity contribution in [2.24, 2.45) is 0 Å². The first kappa shape index (κ1) is 13.5. The molecule has 94 valence electrons. The fraction of sp³-hybridized carbons (Fsp3) is 0.364. The third-order valence-corrected chi connectivity index (χ3v) is 1.97. The smallest absolute Gasteiger partial charge is 0.416 e. The van der Waals surface area contributed by atoms with Crippen LogP contribution in [0.1, 0.15) is 15.9 Å². The molecular weight excluding hydrogens is 237 g/mol. The van der Waals surface area contributed by atoms with E-state index in [1.807, 2.05) is 0 Å². The average molecular weight is 248 g/mol. The summed E-state index contributed by atoms with van der Waals surface area (Å²) in [7, 11) is 1.45. The van der Waals surface area contributed by atoms with E-state index in [0.717, 1.165) is 24.3 Å². The van der Waals surface area contributed by atoms with E-state index in [9.17, 15) is 18.0 Å². The van der Waals surface area contributed by atoms with Crippen LogP contribution in [-0.4, -0.2) is 26.3 Å². The highest BCUT2D eigenvalue weighted by Gasteiger charge is 2.30. The topological polar surface area (TPSA) is 35.5 Å². The van der Waals surface area contributed by atoms with Crippen molar-refractivity contribution in [3.8, 4) is 0 Å². The van der Waals surface area contributed by atoms with E-state index in [0.29, 0.717) is 0 Å². The minimum Gasteiger partial charge on any atom is -0.460 e. The minimum absolute atomic E-state index is 0.0658. The van der Waals surface area contributed by atoms with Gasteiger partial charge in [0.05, 0.1) is 17.7 Å². The third-order valence-electron chi connectivity index (χ3n) is 1.97. The summed E-state index contributed by atoms with van der Waals surface area (Å²) in [5.74, 6) is -0.671. The van der Waals surface area contributed by atoms with Gasteiger partial charge in [-0.2, -0.15) is 13.2 Å². The van der Waals surface area contributed by atoms with Crippen molar-refractivity contribution >= 4 is 5.97 Å². The Bertz CT molecular complexity index is 371. The van der Waals surface area contributed by atoms with Crippen LogP contribution in [0.15, 0.2) is 24.3 Å². The van der Waals surface area contributed by atoms with Crippen molar-refractivity contribution in [2.45, 2.75) is 6.18 Å². The molecule has 3 nitrogen and oxygen atoms in total. The summed E-state index contributed by atoms with van der Waals surface area (Å²) in [5.41, 5.74) is -0.722. The Balaban J connectivity index is 2.64. The molecule has 0 radical (unpaired) electrons. The molecule has 0 saturated carbocycles. The number of benzene rings is 1. The lowest BCUT2D eigenvalue weighted by molar-refractivity contribution is -0.137. The van der Waals surface area contributed by atoms with E-state index in [2.05, 4.69) is 4.74 Å². The lowest BCUT2D eigenvalue weighted by atomic mass is 10.1. The van der Waals surface area contributed by atoms with Crippen molar-refractivity contribution in [3.63, 3.8) is 0 Å². The molecular formula is C11H11F3O3. The first-order chi connectivity index (χ1) is 7.95. The molecule has 1 rings (SSSR count). The Morgan fingerprint density at radius 1 is 1.18 bits per heavy atom. The van der Waals surface area contributed by atoms with Gasteiger partial charge < -0.3 is 9.47 Å². The number of ether oxygens (including phenoxy) is 2. The normalized spacial score (nSPS) is 11.3. The molecule has 0 unspecified atom stereocenters. The molecule has 0 spiro atoms. The largest absolute Gasteiger partial charge is 0.460 e. The first-order valence-electron chi connectivity index (χ1n) is 4.78. The van der Waals surface area contributed by atoms with Gasteiger partial charge in [-0.3, -0.25) is 0 Å². The van der Waals surface area contributed by atoms with E-state index in [4.69, 9.17) is 4.74 Å². The Morgan fingerprint density at radius 3 is 2.24 bits per heavy atom. The van der Waals surface area contributed by atoms with Crippen molar-refractivity contribution in [3.05, 3.63) is 35.4 Å². The summed E-state index contributed by atoms with van der Waals surface area (Å²) in [6.45, 7) is 0.308. The maximum absolute atomic E-state index is 12.2. The van der Waals surface area contributed by atoms with Crippen LogP contribution in [0.2, 0.25) is 0 Å². The Kier molecular flexibility index (Phi) is 4.51. The molecule has 0 aliphatic heterocycles. The molecule has 0 fully saturated rings. The van der Waals surface area contributed by atoms with Crippen LogP contribution in [0.4, 0.5) is 13.2 Å². The number of rotatable bonds is 4. The van der Waals surface area contributed by atoms with Gasteiger partial charge in [0.25, 0.3) is 0 Å². The number of halogens is 3. The second-order valence-corrected chi connectivity index (χ2v) is 3.20. The van der Waals surface area contributed by atoms with Gasteiger partial charge in [-0.15, -0.1) is 0 Å². The predicted molar refractivity (Wildman–Crippen MR) is 53.6 cm³/mol. The SMILES string of the molecule is COCCOC(=O)c1ccc(C(F)(F)F)cc1. The third kappa shape index (κ3) is 4.07. The molecule has 0 aliphatic rings. The highest BCUT2D eigenvalue weighted by molar-refractivity contribution is 5.89. The van der Waals surface area contributed by atoms with Gasteiger partial charge in [-0.05, 0) is 24.3 Å². The zero-order valence-electron chi connectivity index (χ0n) is 9.08. The Morgan fingerprint density at radius 2 is 1.76 bits per heavy atom. The molecule has 0 aliphatic carbocycles. The molecule has 0 aromatic heterocycles. The Labute approximate surface area is 96.1 Å². The molecule has 0 saturated heterocycles. The lowest BCUT2D eigenvalue weighted by Gasteiger charge is -2.07. The van der Waals surface area contributed by atoms with E-state index in [1.165, 1.54) is 7.11 Å². The van der Waals surface area contributed by atoms with E-state index < -0.39 is 17.7 Å². The van der Waals surface area contributed by atoms with Crippen LogP contribution >= 0.6 is 0 Å². The molecule has 0 N–H and O–H groups in total. The van der Waals surface area contributed by atoms with Crippen LogP contribution in [0.3, 0.4) is 0 Å². The van der Waals surface area contributed by atoms with Gasteiger partial charge in [0.2, 0.25) is 0 Å². The maximum Gasteiger partial charge on any atom is 0.416 e. The molecule has 6 heteroatoms. The van der Waals surface area contributed by atoms with Crippen LogP contribution in [0.5, 0.6) is 0 Å². The van der Waals surface area contributed by atoms with Crippen LogP contribution < -0.4 is 0 Å². The molecule has 0 heterocycles. The van der Waals surface area contributed by atoms with Crippen molar-refractivity contribution < 1.29 is 27.4 Å². The molecule has 17 heavy (non-hydrogen) atoms. The summed E-state index contributed by atoms with van der Waals surface area (Å²) in [4.78, 5) is 11.3. The van der Waals surface area contributed by atoms with Gasteiger partial charge in [-0.25, -0.2) is 4.79 Å². The number of hydrogen-bond acceptors (Lipinski definition) is 3. The Hall–Kier alpha value is -1.56. The first-order valence-corrected chi connectivity index (χ1v) is 4.78. The maximum atomic E-state index is 12.2. The van der Waals surface area contributed by atoms with Gasteiger partial charge in [0.1, 0.15) is 6.61 Å². The molecule has 1 aromatic rings. The van der Waals surface area contributed by atoms with E-state index in [-0.39, 0.29) is 18.8 Å². The van der Waals surface area contributed by atoms with Crippen molar-refractivity contribution in [2.75, 3.05) is 20.3 Å². The minimum atomic E-state index is -4.40. The van der Waals surface area contributed by atoms with Crippen LogP contribution in [0, 0.1) is 0 Å². The van der Waals surface area contributed by atoms with Crippen LogP contribution in [-0.2, 0) is 15.7 Å². The number of carbonyl (C=O) groups is 1. The average Bonchev–Trinajstić information content (AvgIpc) is 2.28. The van der Waals surface area contributed by atoms with Crippen molar-refractivity contribution in [1.82, 2.24) is 0 Å². The summed E-state index contributed by atoms with van der Waals surface area (Å²) in [6, 6.07) is 3.84. The van der Waals surface area contributed by atoms with Crippen molar-refractivity contribution in [1.29, 1.82) is 0 Å². The summed E-state index contributed by atoms with van der Waals surface area (Å²) in [5, 5.41) is 0. The number of carbonyl (C=O) groups excluding carboxylic acids is 1. The predicted octanol–water partition coefficient (Wildman–Crippen LogP) is 2.51. The second kappa shape index (κ2) is 5.67. The van der Waals surface area contributed by atoms with E-state index in [1.54, 1.807) is 0 Å². The summed E-state index contributed by atoms with van der Waals surface area (Å²) in [6.07, 6.45) is -4.40. The molecule has 1 aromatic carbocycles. The van der Waals surface area contributed by atoms with Gasteiger partial charge in [0, 0.05) is 7.11 Å². The monoisotopic (exact) mass is 248 g/mol. The molecule has 0 bridgehead atoms. The fourth-order valence-electron chi connectivity index (χ4n) is 1.10. The van der Waals surface area contributed by atoms with E-state index >= 15 is 0 Å². The number of hydrogen-bond donors (Lipinski definition) is 0. The fourth-order valence-corrected chi connectivity index (χ4v) is 1.10. The van der Waals surface area contributed by atoms with Gasteiger partial charge >= 0.3 is 12.1 Å². The highest BCUT2D eigenvalue weighted by Crippen LogP contribution is 2.29. The second-order valence-electron chi connectivity index (χ2n) is 3.20. The summed E-state index contributed by atoms with van der Waals surface area (Å²) >= 11 is 0. The van der Waals surface area contributed by atoms with Gasteiger partial charge in [-0.1, -0.05) is 0 Å². The van der Waals surface area contributed by atoms with Gasteiger partial charge in [0.15, 0.2) is 0 Å². The number of alkyl halides is 3. The highest BCUT2D eigenvalue weighted by atomic mass is 19.4. The molecule has 0 atom stereocenters.